The molecule has 0 radical (unpaired) electrons. The predicted octanol–water partition coefficient (Wildman–Crippen LogP) is 3.81. The van der Waals surface area contributed by atoms with E-state index in [9.17, 15) is 0 Å². The number of pyridine rings is 1. The molecule has 0 amide bonds. The lowest BCUT2D eigenvalue weighted by molar-refractivity contribution is 0.921. The summed E-state index contributed by atoms with van der Waals surface area (Å²) in [5.41, 5.74) is 3.71. The van der Waals surface area contributed by atoms with E-state index in [-0.39, 0.29) is 0 Å². The Balaban J connectivity index is 1.49. The quantitative estimate of drug-likeness (QED) is 0.479. The molecular weight excluding hydrogens is 406 g/mol. The zero-order chi connectivity index (χ0) is 18.2. The number of fused-ring (bicyclic) bond motifs is 2. The number of anilines is 1. The van der Waals surface area contributed by atoms with Gasteiger partial charge < -0.3 is 9.72 Å². The highest BCUT2D eigenvalue weighted by atomic mass is 79.9. The summed E-state index contributed by atoms with van der Waals surface area (Å²) in [6.45, 7) is 0.562. The van der Waals surface area contributed by atoms with Crippen molar-refractivity contribution in [3.8, 4) is 11.3 Å². The van der Waals surface area contributed by atoms with Crippen LogP contribution >= 0.6 is 15.9 Å². The van der Waals surface area contributed by atoms with Crippen LogP contribution in [-0.4, -0.2) is 29.0 Å². The fraction of sp³-hybridized carbons (Fsp3) is 0.0526. The zero-order valence-corrected chi connectivity index (χ0v) is 15.7. The van der Waals surface area contributed by atoms with Crippen LogP contribution in [0.2, 0.25) is 0 Å². The summed E-state index contributed by atoms with van der Waals surface area (Å²) in [6, 6.07) is 16.0. The minimum Gasteiger partial charge on any atom is -0.364 e. The number of aromatic nitrogens is 6. The third-order valence-electron chi connectivity index (χ3n) is 4.24. The van der Waals surface area contributed by atoms with Crippen LogP contribution < -0.4 is 5.32 Å². The Kier molecular flexibility index (Phi) is 3.83. The van der Waals surface area contributed by atoms with Crippen molar-refractivity contribution in [1.82, 2.24) is 29.0 Å². The number of hydrogen-bond donors (Lipinski definition) is 1. The smallest absolute Gasteiger partial charge is 0.254 e. The summed E-state index contributed by atoms with van der Waals surface area (Å²) >= 11 is 3.48. The van der Waals surface area contributed by atoms with Crippen molar-refractivity contribution in [1.29, 1.82) is 0 Å². The van der Waals surface area contributed by atoms with Crippen molar-refractivity contribution in [2.24, 2.45) is 0 Å². The highest BCUT2D eigenvalue weighted by Gasteiger charge is 2.10. The maximum Gasteiger partial charge on any atom is 0.254 e. The lowest BCUT2D eigenvalue weighted by Crippen LogP contribution is -2.07. The summed E-state index contributed by atoms with van der Waals surface area (Å²) in [5.74, 6) is 1.37. The third-order valence-corrected chi connectivity index (χ3v) is 4.71. The molecule has 0 spiro atoms. The molecule has 0 unspecified atom stereocenters. The molecule has 0 aliphatic rings. The first-order valence-corrected chi connectivity index (χ1v) is 9.19. The second-order valence-electron chi connectivity index (χ2n) is 6.06. The molecule has 1 N–H and O–H groups in total. The van der Waals surface area contributed by atoms with Gasteiger partial charge in [0.1, 0.15) is 17.8 Å². The Morgan fingerprint density at radius 3 is 2.78 bits per heavy atom. The molecule has 0 bridgehead atoms. The number of nitrogens with one attached hydrogen (secondary N) is 1. The number of benzene rings is 1. The van der Waals surface area contributed by atoms with Crippen molar-refractivity contribution in [3.63, 3.8) is 0 Å². The maximum absolute atomic E-state index is 4.64. The fourth-order valence-electron chi connectivity index (χ4n) is 2.98. The second-order valence-corrected chi connectivity index (χ2v) is 6.98. The molecule has 0 saturated carbocycles. The van der Waals surface area contributed by atoms with E-state index in [1.807, 2.05) is 65.3 Å². The molecule has 8 heteroatoms. The average Bonchev–Trinajstić information content (AvgIpc) is 3.32. The summed E-state index contributed by atoms with van der Waals surface area (Å²) in [6.07, 6.45) is 5.50. The van der Waals surface area contributed by atoms with Crippen molar-refractivity contribution in [3.05, 3.63) is 77.4 Å². The molecule has 7 nitrogen and oxygen atoms in total. The van der Waals surface area contributed by atoms with E-state index < -0.39 is 0 Å². The Bertz CT molecular complexity index is 1240. The number of nitrogens with zero attached hydrogens (tertiary/aromatic N) is 6. The predicted molar refractivity (Wildman–Crippen MR) is 106 cm³/mol. The zero-order valence-electron chi connectivity index (χ0n) is 14.1. The van der Waals surface area contributed by atoms with Crippen LogP contribution in [0.5, 0.6) is 0 Å². The topological polar surface area (TPSA) is 72.4 Å². The van der Waals surface area contributed by atoms with Gasteiger partial charge in [-0.05, 0) is 28.1 Å². The van der Waals surface area contributed by atoms with Crippen LogP contribution in [0.1, 0.15) is 5.69 Å². The summed E-state index contributed by atoms with van der Waals surface area (Å²) in [7, 11) is 0. The van der Waals surface area contributed by atoms with E-state index >= 15 is 0 Å². The van der Waals surface area contributed by atoms with Gasteiger partial charge in [-0.25, -0.2) is 9.97 Å². The van der Waals surface area contributed by atoms with Gasteiger partial charge in [0.05, 0.1) is 17.9 Å². The van der Waals surface area contributed by atoms with Crippen molar-refractivity contribution < 1.29 is 0 Å². The number of halogens is 1. The van der Waals surface area contributed by atoms with E-state index in [0.29, 0.717) is 12.3 Å². The van der Waals surface area contributed by atoms with Gasteiger partial charge in [0, 0.05) is 28.5 Å². The highest BCUT2D eigenvalue weighted by molar-refractivity contribution is 9.10. The van der Waals surface area contributed by atoms with E-state index in [4.69, 9.17) is 0 Å². The second kappa shape index (κ2) is 6.48. The summed E-state index contributed by atoms with van der Waals surface area (Å²) in [5, 5.41) is 7.68. The van der Waals surface area contributed by atoms with Gasteiger partial charge in [-0.3, -0.25) is 0 Å². The molecule has 0 fully saturated rings. The first-order chi connectivity index (χ1) is 13.3. The first-order valence-electron chi connectivity index (χ1n) is 8.39. The van der Waals surface area contributed by atoms with Crippen LogP contribution in [-0.2, 0) is 6.54 Å². The van der Waals surface area contributed by atoms with Gasteiger partial charge in [0.2, 0.25) is 0 Å². The van der Waals surface area contributed by atoms with Crippen molar-refractivity contribution in [2.45, 2.75) is 6.54 Å². The van der Waals surface area contributed by atoms with Crippen LogP contribution in [0.4, 0.5) is 5.82 Å². The molecule has 0 aliphatic carbocycles. The minimum atomic E-state index is 0.554. The van der Waals surface area contributed by atoms with Crippen LogP contribution in [0, 0.1) is 0 Å². The lowest BCUT2D eigenvalue weighted by Gasteiger charge is -2.09. The molecule has 27 heavy (non-hydrogen) atoms. The molecule has 5 rings (SSSR count). The van der Waals surface area contributed by atoms with Gasteiger partial charge in [0.15, 0.2) is 0 Å². The number of hydrogen-bond acceptors (Lipinski definition) is 5. The van der Waals surface area contributed by atoms with Gasteiger partial charge >= 0.3 is 0 Å². The standard InChI is InChI=1S/C19H14BrN7/c20-14-6-7-17-24-15(11-26(17)10-14)9-21-18-8-16(13-4-2-1-3-5-13)25-19-22-12-23-27(18)19/h1-8,10-12,21H,9H2. The molecule has 5 aromatic rings. The van der Waals surface area contributed by atoms with Crippen molar-refractivity contribution in [2.75, 3.05) is 5.32 Å². The molecule has 4 aromatic heterocycles. The molecule has 1 aromatic carbocycles. The Morgan fingerprint density at radius 1 is 1.00 bits per heavy atom. The molecule has 0 saturated heterocycles. The SMILES string of the molecule is Brc1ccc2nc(CNc3cc(-c4ccccc4)nc4ncnn34)cn2c1. The van der Waals surface area contributed by atoms with E-state index in [1.54, 1.807) is 4.52 Å². The van der Waals surface area contributed by atoms with Gasteiger partial charge in [0.25, 0.3) is 5.78 Å². The van der Waals surface area contributed by atoms with Gasteiger partial charge in [-0.1, -0.05) is 30.3 Å². The molecular formula is C19H14BrN7. The van der Waals surface area contributed by atoms with E-state index in [2.05, 4.69) is 41.3 Å². The number of imidazole rings is 1. The van der Waals surface area contributed by atoms with Crippen LogP contribution in [0.15, 0.2) is 71.7 Å². The van der Waals surface area contributed by atoms with E-state index in [0.717, 1.165) is 32.9 Å². The number of rotatable bonds is 4. The third kappa shape index (κ3) is 3.04. The normalized spacial score (nSPS) is 11.3. The van der Waals surface area contributed by atoms with Crippen LogP contribution in [0.25, 0.3) is 22.7 Å². The molecule has 4 heterocycles. The maximum atomic E-state index is 4.64. The highest BCUT2D eigenvalue weighted by Crippen LogP contribution is 2.21. The summed E-state index contributed by atoms with van der Waals surface area (Å²) in [4.78, 5) is 13.5. The molecule has 132 valence electrons. The largest absolute Gasteiger partial charge is 0.364 e. The van der Waals surface area contributed by atoms with Crippen molar-refractivity contribution >= 4 is 33.2 Å². The molecule has 0 aliphatic heterocycles. The Hall–Kier alpha value is -3.26. The van der Waals surface area contributed by atoms with Gasteiger partial charge in [-0.2, -0.15) is 14.6 Å². The molecule has 0 atom stereocenters. The van der Waals surface area contributed by atoms with Crippen LogP contribution in [0.3, 0.4) is 0 Å². The van der Waals surface area contributed by atoms with Gasteiger partial charge in [-0.15, -0.1) is 0 Å². The Morgan fingerprint density at radius 2 is 1.89 bits per heavy atom. The Labute approximate surface area is 162 Å². The monoisotopic (exact) mass is 419 g/mol. The van der Waals surface area contributed by atoms with E-state index in [1.165, 1.54) is 6.33 Å². The summed E-state index contributed by atoms with van der Waals surface area (Å²) < 4.78 is 4.70. The first kappa shape index (κ1) is 16.0. The minimum absolute atomic E-state index is 0.554. The average molecular weight is 420 g/mol. The fourth-order valence-corrected chi connectivity index (χ4v) is 3.33. The lowest BCUT2D eigenvalue weighted by atomic mass is 10.1.